The van der Waals surface area contributed by atoms with E-state index in [1.54, 1.807) is 14.2 Å². The molecule has 0 radical (unpaired) electrons. The number of benzene rings is 1. The molecule has 4 nitrogen and oxygen atoms in total. The van der Waals surface area contributed by atoms with E-state index in [0.717, 1.165) is 24.3 Å². The summed E-state index contributed by atoms with van der Waals surface area (Å²) >= 11 is 0. The lowest BCUT2D eigenvalue weighted by Gasteiger charge is -2.13. The number of ether oxygens (including phenoxy) is 2. The number of hydrogen-bond donors (Lipinski definition) is 1. The van der Waals surface area contributed by atoms with Crippen molar-refractivity contribution in [1.29, 1.82) is 0 Å². The van der Waals surface area contributed by atoms with Crippen molar-refractivity contribution >= 4 is 5.78 Å². The highest BCUT2D eigenvalue weighted by molar-refractivity contribution is 6.00. The molecule has 0 amide bonds. The molecule has 1 unspecified atom stereocenters. The minimum atomic E-state index is -0.190. The predicted molar refractivity (Wildman–Crippen MR) is 76.0 cm³/mol. The first-order chi connectivity index (χ1) is 9.10. The summed E-state index contributed by atoms with van der Waals surface area (Å²) in [5, 5.41) is 3.20. The van der Waals surface area contributed by atoms with Crippen molar-refractivity contribution in [3.8, 4) is 5.75 Å². The topological polar surface area (TPSA) is 47.6 Å². The second kappa shape index (κ2) is 7.92. The molecule has 106 valence electrons. The zero-order chi connectivity index (χ0) is 14.3. The summed E-state index contributed by atoms with van der Waals surface area (Å²) < 4.78 is 10.2. The van der Waals surface area contributed by atoms with E-state index >= 15 is 0 Å². The SMILES string of the molecule is COCCCNC(C)C(=O)c1ccc(OC)c(C)c1. The third-order valence-corrected chi connectivity index (χ3v) is 3.05. The first kappa shape index (κ1) is 15.7. The van der Waals surface area contributed by atoms with Crippen LogP contribution in [0.3, 0.4) is 0 Å². The van der Waals surface area contributed by atoms with Gasteiger partial charge in [-0.25, -0.2) is 0 Å². The first-order valence-electron chi connectivity index (χ1n) is 6.51. The molecule has 0 saturated carbocycles. The van der Waals surface area contributed by atoms with Gasteiger partial charge in [0, 0.05) is 19.3 Å². The fraction of sp³-hybridized carbons (Fsp3) is 0.533. The van der Waals surface area contributed by atoms with E-state index in [1.807, 2.05) is 32.0 Å². The van der Waals surface area contributed by atoms with Crippen LogP contribution in [0.25, 0.3) is 0 Å². The van der Waals surface area contributed by atoms with Crippen LogP contribution in [0.5, 0.6) is 5.75 Å². The quantitative estimate of drug-likeness (QED) is 0.578. The molecule has 0 aliphatic rings. The summed E-state index contributed by atoms with van der Waals surface area (Å²) in [6.45, 7) is 5.30. The average molecular weight is 265 g/mol. The second-order valence-corrected chi connectivity index (χ2v) is 4.57. The van der Waals surface area contributed by atoms with Gasteiger partial charge in [0.1, 0.15) is 5.75 Å². The minimum absolute atomic E-state index is 0.100. The van der Waals surface area contributed by atoms with Crippen LogP contribution < -0.4 is 10.1 Å². The third-order valence-electron chi connectivity index (χ3n) is 3.05. The highest BCUT2D eigenvalue weighted by atomic mass is 16.5. The molecule has 0 fully saturated rings. The Bertz CT molecular complexity index is 418. The molecule has 1 N–H and O–H groups in total. The zero-order valence-corrected chi connectivity index (χ0v) is 12.2. The van der Waals surface area contributed by atoms with Crippen LogP contribution in [-0.2, 0) is 4.74 Å². The maximum atomic E-state index is 12.2. The number of carbonyl (C=O) groups excluding carboxylic acids is 1. The Morgan fingerprint density at radius 3 is 2.68 bits per heavy atom. The molecular weight excluding hydrogens is 242 g/mol. The molecule has 19 heavy (non-hydrogen) atoms. The van der Waals surface area contributed by atoms with Crippen molar-refractivity contribution in [2.75, 3.05) is 27.4 Å². The Morgan fingerprint density at radius 2 is 2.11 bits per heavy atom. The standard InChI is InChI=1S/C15H23NO3/c1-11-10-13(6-7-14(11)19-4)15(17)12(2)16-8-5-9-18-3/h6-7,10,12,16H,5,8-9H2,1-4H3. The Hall–Kier alpha value is -1.39. The molecule has 1 aromatic rings. The summed E-state index contributed by atoms with van der Waals surface area (Å²) in [4.78, 5) is 12.2. The van der Waals surface area contributed by atoms with Gasteiger partial charge in [0.25, 0.3) is 0 Å². The number of ketones is 1. The zero-order valence-electron chi connectivity index (χ0n) is 12.2. The summed E-state index contributed by atoms with van der Waals surface area (Å²) in [5.74, 6) is 0.903. The smallest absolute Gasteiger partial charge is 0.179 e. The van der Waals surface area contributed by atoms with Crippen LogP contribution in [0.15, 0.2) is 18.2 Å². The molecule has 0 aliphatic heterocycles. The van der Waals surface area contributed by atoms with Crippen molar-refractivity contribution in [3.05, 3.63) is 29.3 Å². The molecule has 1 aromatic carbocycles. The van der Waals surface area contributed by atoms with Gasteiger partial charge in [-0.15, -0.1) is 0 Å². The monoisotopic (exact) mass is 265 g/mol. The van der Waals surface area contributed by atoms with E-state index in [-0.39, 0.29) is 11.8 Å². The Kier molecular flexibility index (Phi) is 6.53. The van der Waals surface area contributed by atoms with Crippen LogP contribution in [0.1, 0.15) is 29.3 Å². The number of hydrogen-bond acceptors (Lipinski definition) is 4. The highest BCUT2D eigenvalue weighted by Crippen LogP contribution is 2.19. The van der Waals surface area contributed by atoms with Crippen LogP contribution >= 0.6 is 0 Å². The average Bonchev–Trinajstić information content (AvgIpc) is 2.42. The van der Waals surface area contributed by atoms with Crippen molar-refractivity contribution < 1.29 is 14.3 Å². The number of carbonyl (C=O) groups is 1. The molecule has 0 aromatic heterocycles. The van der Waals surface area contributed by atoms with Crippen molar-refractivity contribution in [3.63, 3.8) is 0 Å². The number of Topliss-reactive ketones (excluding diaryl/α,β-unsaturated/α-hetero) is 1. The predicted octanol–water partition coefficient (Wildman–Crippen LogP) is 2.20. The van der Waals surface area contributed by atoms with Gasteiger partial charge in [0.15, 0.2) is 5.78 Å². The first-order valence-corrected chi connectivity index (χ1v) is 6.51. The number of aryl methyl sites for hydroxylation is 1. The molecule has 0 saturated heterocycles. The van der Waals surface area contributed by atoms with Crippen molar-refractivity contribution in [2.45, 2.75) is 26.3 Å². The van der Waals surface area contributed by atoms with Crippen molar-refractivity contribution in [1.82, 2.24) is 5.32 Å². The molecule has 1 rings (SSSR count). The van der Waals surface area contributed by atoms with E-state index < -0.39 is 0 Å². The lowest BCUT2D eigenvalue weighted by molar-refractivity contribution is 0.0949. The van der Waals surface area contributed by atoms with Gasteiger partial charge < -0.3 is 14.8 Å². The van der Waals surface area contributed by atoms with Crippen molar-refractivity contribution in [2.24, 2.45) is 0 Å². The van der Waals surface area contributed by atoms with Gasteiger partial charge >= 0.3 is 0 Å². The molecule has 0 spiro atoms. The molecule has 0 aliphatic carbocycles. The van der Waals surface area contributed by atoms with Gasteiger partial charge in [-0.2, -0.15) is 0 Å². The third kappa shape index (κ3) is 4.65. The lowest BCUT2D eigenvalue weighted by atomic mass is 10.0. The minimum Gasteiger partial charge on any atom is -0.496 e. The fourth-order valence-corrected chi connectivity index (χ4v) is 1.91. The largest absolute Gasteiger partial charge is 0.496 e. The molecule has 4 heteroatoms. The fourth-order valence-electron chi connectivity index (χ4n) is 1.91. The summed E-state index contributed by atoms with van der Waals surface area (Å²) in [7, 11) is 3.30. The Balaban J connectivity index is 2.59. The maximum Gasteiger partial charge on any atom is 0.179 e. The molecule has 0 bridgehead atoms. The van der Waals surface area contributed by atoms with Gasteiger partial charge in [-0.05, 0) is 50.6 Å². The van der Waals surface area contributed by atoms with Gasteiger partial charge in [0.2, 0.25) is 0 Å². The van der Waals surface area contributed by atoms with Crippen LogP contribution in [-0.4, -0.2) is 39.2 Å². The maximum absolute atomic E-state index is 12.2. The van der Waals surface area contributed by atoms with Crippen LogP contribution in [0, 0.1) is 6.92 Å². The van der Waals surface area contributed by atoms with E-state index in [0.29, 0.717) is 12.2 Å². The number of nitrogens with one attached hydrogen (secondary N) is 1. The highest BCUT2D eigenvalue weighted by Gasteiger charge is 2.15. The van der Waals surface area contributed by atoms with E-state index in [2.05, 4.69) is 5.32 Å². The lowest BCUT2D eigenvalue weighted by Crippen LogP contribution is -2.35. The van der Waals surface area contributed by atoms with E-state index in [9.17, 15) is 4.79 Å². The summed E-state index contributed by atoms with van der Waals surface area (Å²) in [6, 6.07) is 5.32. The molecule has 0 heterocycles. The Morgan fingerprint density at radius 1 is 1.37 bits per heavy atom. The number of methoxy groups -OCH3 is 2. The van der Waals surface area contributed by atoms with Gasteiger partial charge in [-0.1, -0.05) is 0 Å². The van der Waals surface area contributed by atoms with Gasteiger partial charge in [0.05, 0.1) is 13.2 Å². The molecule has 1 atom stereocenters. The molecular formula is C15H23NO3. The second-order valence-electron chi connectivity index (χ2n) is 4.57. The summed E-state index contributed by atoms with van der Waals surface area (Å²) in [6.07, 6.45) is 0.899. The normalized spacial score (nSPS) is 12.2. The van der Waals surface area contributed by atoms with E-state index in [1.165, 1.54) is 0 Å². The number of rotatable bonds is 8. The Labute approximate surface area is 115 Å². The van der Waals surface area contributed by atoms with Crippen LogP contribution in [0.2, 0.25) is 0 Å². The summed E-state index contributed by atoms with van der Waals surface area (Å²) in [5.41, 5.74) is 1.69. The van der Waals surface area contributed by atoms with E-state index in [4.69, 9.17) is 9.47 Å². The van der Waals surface area contributed by atoms with Gasteiger partial charge in [-0.3, -0.25) is 4.79 Å². The van der Waals surface area contributed by atoms with Crippen LogP contribution in [0.4, 0.5) is 0 Å².